The molecule has 2 aliphatic rings. The number of rotatable bonds is 9. The monoisotopic (exact) mass is 344 g/mol. The molecule has 0 heterocycles. The average molecular weight is 344 g/mol. The van der Waals surface area contributed by atoms with E-state index < -0.39 is 0 Å². The number of isocyanates is 2. The van der Waals surface area contributed by atoms with Crippen molar-refractivity contribution in [3.63, 3.8) is 0 Å². The molecule has 0 amide bonds. The molecule has 0 aromatic rings. The van der Waals surface area contributed by atoms with Crippen LogP contribution in [0.15, 0.2) is 22.1 Å². The second-order valence-electron chi connectivity index (χ2n) is 7.88. The molecule has 4 nitrogen and oxygen atoms in total. The summed E-state index contributed by atoms with van der Waals surface area (Å²) in [4.78, 5) is 28.3. The van der Waals surface area contributed by atoms with Crippen molar-refractivity contribution in [2.24, 2.45) is 21.8 Å². The number of hydrogen-bond donors (Lipinski definition) is 0. The molecule has 0 aliphatic heterocycles. The summed E-state index contributed by atoms with van der Waals surface area (Å²) >= 11 is 0. The quantitative estimate of drug-likeness (QED) is 0.247. The van der Waals surface area contributed by atoms with Gasteiger partial charge in [0.05, 0.1) is 12.1 Å². The van der Waals surface area contributed by atoms with Gasteiger partial charge in [-0.15, -0.1) is 0 Å². The summed E-state index contributed by atoms with van der Waals surface area (Å²) in [5.74, 6) is 1.46. The van der Waals surface area contributed by atoms with Crippen LogP contribution in [0.5, 0.6) is 0 Å². The standard InChI is InChI=1S/C21H32N2O2/c1-17(19-9-13-21(14-10-19)23-16-25)5-3-2-4-6-18-7-11-20(12-8-18)22-15-24/h18-21H,1-14H2. The highest BCUT2D eigenvalue weighted by atomic mass is 16.1. The van der Waals surface area contributed by atoms with Gasteiger partial charge in [0.25, 0.3) is 0 Å². The van der Waals surface area contributed by atoms with Gasteiger partial charge in [0, 0.05) is 0 Å². The highest BCUT2D eigenvalue weighted by Gasteiger charge is 2.23. The van der Waals surface area contributed by atoms with Crippen LogP contribution in [-0.4, -0.2) is 24.2 Å². The van der Waals surface area contributed by atoms with Gasteiger partial charge in [-0.2, -0.15) is 0 Å². The van der Waals surface area contributed by atoms with Gasteiger partial charge in [-0.25, -0.2) is 19.6 Å². The first-order valence-electron chi connectivity index (χ1n) is 10.0. The average Bonchev–Trinajstić information content (AvgIpc) is 2.64. The summed E-state index contributed by atoms with van der Waals surface area (Å²) in [7, 11) is 0. The van der Waals surface area contributed by atoms with Crippen LogP contribution in [0, 0.1) is 11.8 Å². The third-order valence-corrected chi connectivity index (χ3v) is 6.17. The molecule has 2 fully saturated rings. The van der Waals surface area contributed by atoms with Crippen LogP contribution in [0.3, 0.4) is 0 Å². The molecular formula is C21H32N2O2. The van der Waals surface area contributed by atoms with Gasteiger partial charge in [0.15, 0.2) is 0 Å². The molecule has 0 unspecified atom stereocenters. The second-order valence-corrected chi connectivity index (χ2v) is 7.88. The van der Waals surface area contributed by atoms with E-state index in [4.69, 9.17) is 0 Å². The Balaban J connectivity index is 1.51. The third-order valence-electron chi connectivity index (χ3n) is 6.17. The molecule has 0 saturated heterocycles. The summed E-state index contributed by atoms with van der Waals surface area (Å²) in [6.45, 7) is 4.31. The van der Waals surface area contributed by atoms with Crippen molar-refractivity contribution in [1.82, 2.24) is 0 Å². The fraction of sp³-hybridized carbons (Fsp3) is 0.810. The zero-order chi connectivity index (χ0) is 17.9. The number of aliphatic imine (C=N–C) groups is 2. The number of nitrogens with zero attached hydrogens (tertiary/aromatic N) is 2. The van der Waals surface area contributed by atoms with Gasteiger partial charge in [-0.1, -0.05) is 31.4 Å². The molecule has 0 aromatic heterocycles. The Morgan fingerprint density at radius 2 is 1.36 bits per heavy atom. The lowest BCUT2D eigenvalue weighted by Gasteiger charge is -2.27. The van der Waals surface area contributed by atoms with E-state index in [0.717, 1.165) is 50.9 Å². The smallest absolute Gasteiger partial charge is 0.211 e. The van der Waals surface area contributed by atoms with Crippen LogP contribution in [0.4, 0.5) is 0 Å². The minimum absolute atomic E-state index is 0.203. The zero-order valence-electron chi connectivity index (χ0n) is 15.4. The Morgan fingerprint density at radius 3 is 1.92 bits per heavy atom. The van der Waals surface area contributed by atoms with E-state index in [1.54, 1.807) is 12.2 Å². The predicted octanol–water partition coefficient (Wildman–Crippen LogP) is 5.28. The largest absolute Gasteiger partial charge is 0.235 e. The lowest BCUT2D eigenvalue weighted by Crippen LogP contribution is -2.18. The molecule has 2 rings (SSSR count). The van der Waals surface area contributed by atoms with Crippen molar-refractivity contribution in [3.05, 3.63) is 12.2 Å². The first kappa shape index (κ1) is 19.8. The molecule has 0 aromatic carbocycles. The van der Waals surface area contributed by atoms with E-state index in [-0.39, 0.29) is 12.1 Å². The first-order valence-corrected chi connectivity index (χ1v) is 10.0. The molecule has 138 valence electrons. The van der Waals surface area contributed by atoms with Crippen LogP contribution in [0.2, 0.25) is 0 Å². The molecule has 4 heteroatoms. The number of unbranched alkanes of at least 4 members (excludes halogenated alkanes) is 2. The maximum Gasteiger partial charge on any atom is 0.235 e. The Bertz CT molecular complexity index is 502. The molecule has 0 N–H and O–H groups in total. The van der Waals surface area contributed by atoms with Crippen LogP contribution in [0.1, 0.15) is 83.5 Å². The molecular weight excluding hydrogens is 312 g/mol. The van der Waals surface area contributed by atoms with E-state index in [0.29, 0.717) is 5.92 Å². The van der Waals surface area contributed by atoms with Gasteiger partial charge in [-0.3, -0.25) is 0 Å². The molecule has 0 radical (unpaired) electrons. The normalized spacial score (nSPS) is 29.3. The van der Waals surface area contributed by atoms with Crippen LogP contribution in [-0.2, 0) is 9.59 Å². The van der Waals surface area contributed by atoms with Crippen molar-refractivity contribution in [1.29, 1.82) is 0 Å². The van der Waals surface area contributed by atoms with Crippen molar-refractivity contribution in [3.8, 4) is 0 Å². The molecule has 2 aliphatic carbocycles. The summed E-state index contributed by atoms with van der Waals surface area (Å²) in [6, 6.07) is 0.443. The van der Waals surface area contributed by atoms with Gasteiger partial charge in [0.2, 0.25) is 12.2 Å². The summed E-state index contributed by atoms with van der Waals surface area (Å²) in [5, 5.41) is 0. The van der Waals surface area contributed by atoms with E-state index in [1.807, 2.05) is 0 Å². The Kier molecular flexibility index (Phi) is 8.86. The van der Waals surface area contributed by atoms with Crippen molar-refractivity contribution >= 4 is 12.2 Å². The lowest BCUT2D eigenvalue weighted by atomic mass is 9.80. The highest BCUT2D eigenvalue weighted by Crippen LogP contribution is 2.33. The van der Waals surface area contributed by atoms with Crippen molar-refractivity contribution < 1.29 is 9.59 Å². The van der Waals surface area contributed by atoms with Crippen molar-refractivity contribution in [2.45, 2.75) is 95.6 Å². The second kappa shape index (κ2) is 11.2. The lowest BCUT2D eigenvalue weighted by molar-refractivity contribution is 0.303. The fourth-order valence-electron chi connectivity index (χ4n) is 4.49. The van der Waals surface area contributed by atoms with Gasteiger partial charge in [0.1, 0.15) is 0 Å². The van der Waals surface area contributed by atoms with Crippen molar-refractivity contribution in [2.75, 3.05) is 0 Å². The van der Waals surface area contributed by atoms with E-state index >= 15 is 0 Å². The minimum Gasteiger partial charge on any atom is -0.211 e. The maximum absolute atomic E-state index is 10.3. The molecule has 25 heavy (non-hydrogen) atoms. The molecule has 0 atom stereocenters. The number of hydrogen-bond acceptors (Lipinski definition) is 4. The first-order chi connectivity index (χ1) is 12.2. The summed E-state index contributed by atoms with van der Waals surface area (Å²) in [6.07, 6.45) is 18.5. The summed E-state index contributed by atoms with van der Waals surface area (Å²) in [5.41, 5.74) is 1.40. The molecule has 2 saturated carbocycles. The zero-order valence-corrected chi connectivity index (χ0v) is 15.4. The minimum atomic E-state index is 0.203. The van der Waals surface area contributed by atoms with Crippen LogP contribution >= 0.6 is 0 Å². The van der Waals surface area contributed by atoms with Gasteiger partial charge >= 0.3 is 0 Å². The van der Waals surface area contributed by atoms with E-state index in [1.165, 1.54) is 44.1 Å². The Hall–Kier alpha value is -1.50. The predicted molar refractivity (Wildman–Crippen MR) is 100.0 cm³/mol. The maximum atomic E-state index is 10.3. The third kappa shape index (κ3) is 7.10. The number of carbonyl (C=O) groups excluding carboxylic acids is 2. The topological polar surface area (TPSA) is 58.9 Å². The SMILES string of the molecule is C=C(CCCCCC1CCC(N=C=O)CC1)C1CCC(N=C=O)CC1. The number of allylic oxidation sites excluding steroid dienone is 1. The van der Waals surface area contributed by atoms with Crippen LogP contribution in [0.25, 0.3) is 0 Å². The molecule has 0 bridgehead atoms. The Labute approximate surface area is 151 Å². The fourth-order valence-corrected chi connectivity index (χ4v) is 4.49. The van der Waals surface area contributed by atoms with Crippen LogP contribution < -0.4 is 0 Å². The van der Waals surface area contributed by atoms with Gasteiger partial charge in [-0.05, 0) is 76.0 Å². The van der Waals surface area contributed by atoms with Gasteiger partial charge < -0.3 is 0 Å². The van der Waals surface area contributed by atoms with E-state index in [2.05, 4.69) is 16.6 Å². The van der Waals surface area contributed by atoms with E-state index in [9.17, 15) is 9.59 Å². The summed E-state index contributed by atoms with van der Waals surface area (Å²) < 4.78 is 0. The Morgan fingerprint density at radius 1 is 0.800 bits per heavy atom. The molecule has 0 spiro atoms. The highest BCUT2D eigenvalue weighted by molar-refractivity contribution is 5.33.